The number of anilines is 3. The number of hydrogen-bond acceptors (Lipinski definition) is 6. The van der Waals surface area contributed by atoms with Crippen molar-refractivity contribution < 1.29 is 22.8 Å². The smallest absolute Gasteiger partial charge is 0.353 e. The van der Waals surface area contributed by atoms with Gasteiger partial charge in [-0.3, -0.25) is 9.69 Å². The van der Waals surface area contributed by atoms with Gasteiger partial charge in [0.05, 0.1) is 22.5 Å². The molecule has 3 heterocycles. The van der Waals surface area contributed by atoms with Gasteiger partial charge in [-0.1, -0.05) is 18.6 Å². The first kappa shape index (κ1) is 34.2. The molecule has 4 aromatic rings. The Kier molecular flexibility index (Phi) is 9.52. The minimum absolute atomic E-state index is 0.0887. The van der Waals surface area contributed by atoms with Crippen molar-refractivity contribution in [1.82, 2.24) is 19.8 Å². The zero-order chi connectivity index (χ0) is 34.9. The largest absolute Gasteiger partial charge is 0.416 e. The van der Waals surface area contributed by atoms with Gasteiger partial charge in [-0.05, 0) is 113 Å². The molecule has 2 aliphatic rings. The molecule has 2 fully saturated rings. The summed E-state index contributed by atoms with van der Waals surface area (Å²) in [6.07, 6.45) is 0.935. The van der Waals surface area contributed by atoms with Gasteiger partial charge in [0.25, 0.3) is 5.91 Å². The summed E-state index contributed by atoms with van der Waals surface area (Å²) < 4.78 is 41.3. The number of likely N-dealkylation sites (tertiary alicyclic amines) is 1. The summed E-state index contributed by atoms with van der Waals surface area (Å²) in [5, 5.41) is 6.84. The van der Waals surface area contributed by atoms with Gasteiger partial charge in [-0.2, -0.15) is 13.2 Å². The Morgan fingerprint density at radius 3 is 2.41 bits per heavy atom. The topological polar surface area (TPSA) is 93.7 Å². The van der Waals surface area contributed by atoms with Crippen molar-refractivity contribution >= 4 is 40.2 Å². The van der Waals surface area contributed by atoms with Gasteiger partial charge in [0, 0.05) is 48.9 Å². The minimum Gasteiger partial charge on any atom is -0.353 e. The molecule has 9 nitrogen and oxygen atoms in total. The van der Waals surface area contributed by atoms with Crippen molar-refractivity contribution in [2.45, 2.75) is 58.7 Å². The monoisotopic (exact) mass is 673 g/mol. The third-order valence-corrected chi connectivity index (χ3v) is 9.23. The molecule has 6 rings (SSSR count). The van der Waals surface area contributed by atoms with Crippen LogP contribution in [0.5, 0.6) is 0 Å². The van der Waals surface area contributed by atoms with Crippen LogP contribution in [0.4, 0.5) is 35.3 Å². The Balaban J connectivity index is 1.22. The summed E-state index contributed by atoms with van der Waals surface area (Å²) in [7, 11) is 0. The second-order valence-electron chi connectivity index (χ2n) is 13.8. The van der Waals surface area contributed by atoms with Crippen LogP contribution >= 0.6 is 0 Å². The molecular weight excluding hydrogens is 631 g/mol. The van der Waals surface area contributed by atoms with Gasteiger partial charge in [-0.25, -0.2) is 14.8 Å². The highest BCUT2D eigenvalue weighted by molar-refractivity contribution is 6.08. The van der Waals surface area contributed by atoms with Gasteiger partial charge < -0.3 is 20.4 Å². The molecule has 258 valence electrons. The number of nitrogens with one attached hydrogen (secondary N) is 2. The Hall–Kier alpha value is -4.71. The molecule has 0 bridgehead atoms. The number of aryl methyl sites for hydroxylation is 1. The maximum Gasteiger partial charge on any atom is 0.416 e. The molecule has 3 amide bonds. The Bertz CT molecular complexity index is 1870. The first-order chi connectivity index (χ1) is 23.3. The molecule has 0 radical (unpaired) electrons. The lowest BCUT2D eigenvalue weighted by atomic mass is 9.97. The average molecular weight is 674 g/mol. The summed E-state index contributed by atoms with van der Waals surface area (Å²) >= 11 is 0. The van der Waals surface area contributed by atoms with Crippen molar-refractivity contribution in [3.63, 3.8) is 0 Å². The zero-order valence-electron chi connectivity index (χ0n) is 28.3. The third kappa shape index (κ3) is 7.64. The predicted octanol–water partition coefficient (Wildman–Crippen LogP) is 7.81. The van der Waals surface area contributed by atoms with Crippen LogP contribution in [0.1, 0.15) is 61.5 Å². The lowest BCUT2D eigenvalue weighted by Gasteiger charge is -2.31. The summed E-state index contributed by atoms with van der Waals surface area (Å²) in [5.41, 5.74) is 2.32. The Morgan fingerprint density at radius 1 is 0.918 bits per heavy atom. The van der Waals surface area contributed by atoms with E-state index in [1.54, 1.807) is 29.3 Å². The fraction of sp³-hybridized carbons (Fsp3) is 0.405. The van der Waals surface area contributed by atoms with Gasteiger partial charge >= 0.3 is 12.2 Å². The zero-order valence-corrected chi connectivity index (χ0v) is 28.3. The molecule has 0 atom stereocenters. The summed E-state index contributed by atoms with van der Waals surface area (Å²) in [6.45, 7) is 12.3. The predicted molar refractivity (Wildman–Crippen MR) is 187 cm³/mol. The summed E-state index contributed by atoms with van der Waals surface area (Å²) in [6, 6.07) is 13.7. The fourth-order valence-electron chi connectivity index (χ4n) is 6.49. The number of rotatable bonds is 8. The number of hydrogen-bond donors (Lipinski definition) is 2. The van der Waals surface area contributed by atoms with Gasteiger partial charge in [0.2, 0.25) is 5.95 Å². The molecule has 0 spiro atoms. The van der Waals surface area contributed by atoms with Crippen LogP contribution < -0.4 is 15.5 Å². The number of amides is 3. The van der Waals surface area contributed by atoms with Crippen molar-refractivity contribution in [2.75, 3.05) is 54.8 Å². The number of piperidine rings is 1. The molecule has 2 N–H and O–H groups in total. The van der Waals surface area contributed by atoms with E-state index >= 15 is 0 Å². The van der Waals surface area contributed by atoms with E-state index in [1.165, 1.54) is 30.2 Å². The number of alkyl halides is 3. The second-order valence-corrected chi connectivity index (χ2v) is 13.8. The van der Waals surface area contributed by atoms with Crippen LogP contribution in [-0.4, -0.2) is 76.5 Å². The lowest BCUT2D eigenvalue weighted by molar-refractivity contribution is -0.137. The second kappa shape index (κ2) is 13.7. The van der Waals surface area contributed by atoms with Crippen molar-refractivity contribution in [3.05, 3.63) is 77.5 Å². The fourth-order valence-corrected chi connectivity index (χ4v) is 6.49. The van der Waals surface area contributed by atoms with Crippen LogP contribution in [0.25, 0.3) is 22.0 Å². The van der Waals surface area contributed by atoms with E-state index in [0.29, 0.717) is 12.5 Å². The number of nitrogens with zero attached hydrogens (tertiary/aromatic N) is 5. The maximum atomic E-state index is 13.8. The lowest BCUT2D eigenvalue weighted by Crippen LogP contribution is -2.44. The van der Waals surface area contributed by atoms with Crippen molar-refractivity contribution in [3.8, 4) is 11.1 Å². The number of carbonyl (C=O) groups excluding carboxylic acids is 2. The number of urea groups is 1. The SMILES string of the molecule is Cc1ccc(C(=O)Nc2cc(C(F)(F)F)ccc2N2CCN(C(C)(C)C)C2=O)cc1-c1ccc2nc(NCCN3CCCCC3)ncc2c1. The summed E-state index contributed by atoms with van der Waals surface area (Å²) in [4.78, 5) is 41.7. The highest BCUT2D eigenvalue weighted by Gasteiger charge is 2.38. The number of aromatic nitrogens is 2. The van der Waals surface area contributed by atoms with E-state index in [9.17, 15) is 22.8 Å². The normalized spacial score (nSPS) is 16.0. The molecule has 1 aromatic heterocycles. The number of fused-ring (bicyclic) bond motifs is 1. The number of halogens is 3. The highest BCUT2D eigenvalue weighted by atomic mass is 19.4. The van der Waals surface area contributed by atoms with Gasteiger partial charge in [0.15, 0.2) is 0 Å². The first-order valence-corrected chi connectivity index (χ1v) is 16.7. The van der Waals surface area contributed by atoms with Crippen molar-refractivity contribution in [2.24, 2.45) is 0 Å². The third-order valence-electron chi connectivity index (χ3n) is 9.23. The molecular formula is C37H42F3N7O2. The van der Waals surface area contributed by atoms with Crippen LogP contribution in [-0.2, 0) is 6.18 Å². The number of benzene rings is 3. The van der Waals surface area contributed by atoms with Gasteiger partial charge in [-0.15, -0.1) is 0 Å². The first-order valence-electron chi connectivity index (χ1n) is 16.7. The molecule has 12 heteroatoms. The molecule has 2 aliphatic heterocycles. The van der Waals surface area contributed by atoms with Gasteiger partial charge in [0.1, 0.15) is 0 Å². The molecule has 0 aliphatic carbocycles. The quantitative estimate of drug-likeness (QED) is 0.198. The van der Waals surface area contributed by atoms with E-state index in [2.05, 4.69) is 25.5 Å². The van der Waals surface area contributed by atoms with Crippen LogP contribution in [0.15, 0.2) is 60.8 Å². The highest BCUT2D eigenvalue weighted by Crippen LogP contribution is 2.38. The van der Waals surface area contributed by atoms with E-state index < -0.39 is 23.2 Å². The average Bonchev–Trinajstić information content (AvgIpc) is 3.46. The molecule has 3 aromatic carbocycles. The van der Waals surface area contributed by atoms with E-state index in [-0.39, 0.29) is 29.5 Å². The summed E-state index contributed by atoms with van der Waals surface area (Å²) in [5.74, 6) is -0.0200. The minimum atomic E-state index is -4.63. The molecule has 0 saturated carbocycles. The molecule has 2 saturated heterocycles. The Labute approximate surface area is 284 Å². The van der Waals surface area contributed by atoms with Crippen molar-refractivity contribution in [1.29, 1.82) is 0 Å². The Morgan fingerprint density at radius 2 is 1.69 bits per heavy atom. The maximum absolute atomic E-state index is 13.8. The van der Waals surface area contributed by atoms with Crippen LogP contribution in [0, 0.1) is 6.92 Å². The van der Waals surface area contributed by atoms with E-state index in [0.717, 1.165) is 65.9 Å². The molecule has 0 unspecified atom stereocenters. The van der Waals surface area contributed by atoms with E-state index in [1.807, 2.05) is 45.9 Å². The van der Waals surface area contributed by atoms with Crippen LogP contribution in [0.2, 0.25) is 0 Å². The van der Waals surface area contributed by atoms with E-state index in [4.69, 9.17) is 0 Å². The number of carbonyl (C=O) groups is 2. The standard InChI is InChI=1S/C37H42F3N7O2/c1-24-8-9-26(21-29(24)25-10-12-30-27(20-25)23-42-34(44-30)41-14-17-45-15-6-5-7-16-45)33(48)43-31-22-28(37(38,39)40)11-13-32(31)46-18-19-47(35(46)49)36(2,3)4/h8-13,20-23H,5-7,14-19H2,1-4H3,(H,43,48)(H,41,42,44). The molecule has 49 heavy (non-hydrogen) atoms. The van der Waals surface area contributed by atoms with Crippen LogP contribution in [0.3, 0.4) is 0 Å².